The van der Waals surface area contributed by atoms with Crippen molar-refractivity contribution in [1.82, 2.24) is 14.5 Å². The molecule has 2 aromatic heterocycles. The monoisotopic (exact) mass is 272 g/mol. The largest absolute Gasteiger partial charge is 0.384 e. The Morgan fingerprint density at radius 3 is 2.90 bits per heavy atom. The fraction of sp³-hybridized carbons (Fsp3) is 0.467. The molecule has 0 amide bonds. The molecule has 20 heavy (non-hydrogen) atoms. The van der Waals surface area contributed by atoms with E-state index in [9.17, 15) is 0 Å². The topological polar surface area (TPSA) is 66.0 Å². The Bertz CT molecular complexity index is 620. The maximum Gasteiger partial charge on any atom is 0.123 e. The van der Waals surface area contributed by atoms with Gasteiger partial charge in [-0.1, -0.05) is 13.8 Å². The first-order valence-corrected chi connectivity index (χ1v) is 6.80. The maximum atomic E-state index is 5.77. The number of ether oxygens (including phenoxy) is 1. The smallest absolute Gasteiger partial charge is 0.123 e. The third kappa shape index (κ3) is 1.89. The van der Waals surface area contributed by atoms with E-state index in [1.807, 2.05) is 24.7 Å². The number of nitrogens with zero attached hydrogens (tertiary/aromatic N) is 3. The lowest BCUT2D eigenvalue weighted by atomic mass is 9.64. The number of imidazole rings is 1. The summed E-state index contributed by atoms with van der Waals surface area (Å²) >= 11 is 0. The van der Waals surface area contributed by atoms with E-state index < -0.39 is 0 Å². The molecule has 0 saturated heterocycles. The molecule has 1 saturated carbocycles. The van der Waals surface area contributed by atoms with Gasteiger partial charge in [0.15, 0.2) is 0 Å². The van der Waals surface area contributed by atoms with Crippen LogP contribution in [0.2, 0.25) is 0 Å². The van der Waals surface area contributed by atoms with Gasteiger partial charge in [-0.25, -0.2) is 9.97 Å². The second-order valence-corrected chi connectivity index (χ2v) is 5.95. The molecule has 0 radical (unpaired) electrons. The highest BCUT2D eigenvalue weighted by Crippen LogP contribution is 2.52. The highest BCUT2D eigenvalue weighted by atomic mass is 16.5. The molecule has 1 fully saturated rings. The highest BCUT2D eigenvalue weighted by Gasteiger charge is 2.50. The third-order valence-corrected chi connectivity index (χ3v) is 4.49. The molecule has 2 N–H and O–H groups in total. The maximum absolute atomic E-state index is 5.77. The van der Waals surface area contributed by atoms with E-state index in [4.69, 9.17) is 10.5 Å². The van der Waals surface area contributed by atoms with Crippen molar-refractivity contribution >= 4 is 5.82 Å². The Morgan fingerprint density at radius 2 is 2.25 bits per heavy atom. The van der Waals surface area contributed by atoms with Crippen LogP contribution in [0.3, 0.4) is 0 Å². The molecule has 0 aliphatic heterocycles. The van der Waals surface area contributed by atoms with Crippen LogP contribution in [0.1, 0.15) is 26.3 Å². The lowest BCUT2D eigenvalue weighted by molar-refractivity contribution is -0.112. The molecule has 2 aromatic rings. The van der Waals surface area contributed by atoms with Crippen LogP contribution in [-0.2, 0) is 4.74 Å². The number of hydrogen-bond donors (Lipinski definition) is 1. The number of anilines is 1. The fourth-order valence-corrected chi connectivity index (χ4v) is 3.12. The van der Waals surface area contributed by atoms with Crippen molar-refractivity contribution in [3.8, 4) is 11.3 Å². The number of nitrogen functional groups attached to an aromatic ring is 1. The molecule has 1 aliphatic carbocycles. The molecule has 5 nitrogen and oxygen atoms in total. The number of pyridine rings is 1. The first-order chi connectivity index (χ1) is 9.54. The average Bonchev–Trinajstić information content (AvgIpc) is 2.87. The minimum absolute atomic E-state index is 0.1000. The van der Waals surface area contributed by atoms with Crippen molar-refractivity contribution in [3.05, 3.63) is 30.9 Å². The summed E-state index contributed by atoms with van der Waals surface area (Å²) in [4.78, 5) is 8.35. The van der Waals surface area contributed by atoms with E-state index in [2.05, 4.69) is 28.4 Å². The molecule has 3 rings (SSSR count). The molecule has 2 unspecified atom stereocenters. The summed E-state index contributed by atoms with van der Waals surface area (Å²) in [7, 11) is 1.78. The summed E-state index contributed by atoms with van der Waals surface area (Å²) in [5.41, 5.74) is 8.00. The van der Waals surface area contributed by atoms with Gasteiger partial charge < -0.3 is 15.0 Å². The molecule has 1 aliphatic rings. The van der Waals surface area contributed by atoms with Crippen molar-refractivity contribution in [3.63, 3.8) is 0 Å². The zero-order valence-corrected chi connectivity index (χ0v) is 12.1. The van der Waals surface area contributed by atoms with Gasteiger partial charge in [-0.2, -0.15) is 0 Å². The zero-order chi connectivity index (χ0) is 14.3. The molecule has 5 heteroatoms. The molecular weight excluding hydrogens is 252 g/mol. The number of methoxy groups -OCH3 is 1. The number of aromatic nitrogens is 3. The molecule has 2 heterocycles. The van der Waals surface area contributed by atoms with Crippen LogP contribution >= 0.6 is 0 Å². The van der Waals surface area contributed by atoms with E-state index in [1.165, 1.54) is 0 Å². The van der Waals surface area contributed by atoms with E-state index in [-0.39, 0.29) is 5.41 Å². The normalized spacial score (nSPS) is 24.4. The van der Waals surface area contributed by atoms with Crippen LogP contribution in [0.25, 0.3) is 11.3 Å². The Labute approximate surface area is 118 Å². The minimum Gasteiger partial charge on any atom is -0.384 e. The van der Waals surface area contributed by atoms with Gasteiger partial charge in [0.1, 0.15) is 5.82 Å². The lowest BCUT2D eigenvalue weighted by Gasteiger charge is -2.51. The van der Waals surface area contributed by atoms with E-state index in [0.29, 0.717) is 18.0 Å². The first-order valence-electron chi connectivity index (χ1n) is 6.80. The zero-order valence-electron chi connectivity index (χ0n) is 12.1. The lowest BCUT2D eigenvalue weighted by Crippen LogP contribution is -2.51. The number of hydrogen-bond acceptors (Lipinski definition) is 4. The quantitative estimate of drug-likeness (QED) is 0.932. The molecule has 0 bridgehead atoms. The Morgan fingerprint density at radius 1 is 1.45 bits per heavy atom. The third-order valence-electron chi connectivity index (χ3n) is 4.49. The van der Waals surface area contributed by atoms with Crippen LogP contribution in [-0.4, -0.2) is 27.7 Å². The Kier molecular flexibility index (Phi) is 3.01. The summed E-state index contributed by atoms with van der Waals surface area (Å²) in [6.45, 7) is 4.47. The van der Waals surface area contributed by atoms with Crippen LogP contribution in [0.4, 0.5) is 5.82 Å². The highest BCUT2D eigenvalue weighted by molar-refractivity contribution is 5.62. The van der Waals surface area contributed by atoms with Crippen LogP contribution in [0, 0.1) is 5.41 Å². The Balaban J connectivity index is 1.96. The van der Waals surface area contributed by atoms with Crippen molar-refractivity contribution in [2.75, 3.05) is 12.8 Å². The second kappa shape index (κ2) is 4.59. The molecule has 2 atom stereocenters. The summed E-state index contributed by atoms with van der Waals surface area (Å²) in [5, 5.41) is 0. The predicted octanol–water partition coefficient (Wildman–Crippen LogP) is 2.51. The molecule has 0 aromatic carbocycles. The number of rotatable bonds is 3. The van der Waals surface area contributed by atoms with Crippen molar-refractivity contribution < 1.29 is 4.74 Å². The number of nitrogens with two attached hydrogens (primary N) is 1. The minimum atomic E-state index is 0.1000. The van der Waals surface area contributed by atoms with E-state index >= 15 is 0 Å². The van der Waals surface area contributed by atoms with Gasteiger partial charge in [0.25, 0.3) is 0 Å². The van der Waals surface area contributed by atoms with E-state index in [0.717, 1.165) is 17.7 Å². The van der Waals surface area contributed by atoms with Gasteiger partial charge in [-0.3, -0.25) is 0 Å². The fourth-order valence-electron chi connectivity index (χ4n) is 3.12. The second-order valence-electron chi connectivity index (χ2n) is 5.95. The molecule has 106 valence electrons. The van der Waals surface area contributed by atoms with Gasteiger partial charge in [0.05, 0.1) is 24.3 Å². The van der Waals surface area contributed by atoms with Crippen molar-refractivity contribution in [2.24, 2.45) is 5.41 Å². The van der Waals surface area contributed by atoms with Crippen LogP contribution in [0.5, 0.6) is 0 Å². The predicted molar refractivity (Wildman–Crippen MR) is 78.1 cm³/mol. The van der Waals surface area contributed by atoms with Crippen molar-refractivity contribution in [2.45, 2.75) is 32.4 Å². The van der Waals surface area contributed by atoms with Crippen molar-refractivity contribution in [1.29, 1.82) is 0 Å². The summed E-state index contributed by atoms with van der Waals surface area (Å²) in [6.07, 6.45) is 6.81. The molecular formula is C15H20N4O. The SMILES string of the molecule is COC1CC(n2cncc2-c2ccnc(N)c2)C1(C)C. The average molecular weight is 272 g/mol. The van der Waals surface area contributed by atoms with Gasteiger partial charge >= 0.3 is 0 Å². The van der Waals surface area contributed by atoms with Crippen LogP contribution < -0.4 is 5.73 Å². The Hall–Kier alpha value is -1.88. The van der Waals surface area contributed by atoms with E-state index in [1.54, 1.807) is 13.3 Å². The summed E-state index contributed by atoms with van der Waals surface area (Å²) in [5.74, 6) is 0.526. The van der Waals surface area contributed by atoms with Gasteiger partial charge in [-0.15, -0.1) is 0 Å². The summed E-state index contributed by atoms with van der Waals surface area (Å²) < 4.78 is 7.76. The van der Waals surface area contributed by atoms with Gasteiger partial charge in [-0.05, 0) is 18.6 Å². The van der Waals surface area contributed by atoms with Gasteiger partial charge in [0, 0.05) is 30.3 Å². The molecule has 0 spiro atoms. The van der Waals surface area contributed by atoms with Crippen LogP contribution in [0.15, 0.2) is 30.9 Å². The van der Waals surface area contributed by atoms with Gasteiger partial charge in [0.2, 0.25) is 0 Å². The first kappa shape index (κ1) is 13.1. The summed E-state index contributed by atoms with van der Waals surface area (Å²) in [6, 6.07) is 4.23. The standard InChI is InChI=1S/C15H20N4O/c1-15(2)12(7-13(15)20-3)19-9-17-8-11(19)10-4-5-18-14(16)6-10/h4-6,8-9,12-13H,7H2,1-3H3,(H2,16,18).